The lowest BCUT2D eigenvalue weighted by molar-refractivity contribution is 0.0401. The van der Waals surface area contributed by atoms with Crippen LogP contribution < -0.4 is 0 Å². The largest absolute Gasteiger partial charge is 0.456 e. The lowest BCUT2D eigenvalue weighted by atomic mass is 10.4. The van der Waals surface area contributed by atoms with Gasteiger partial charge in [0, 0.05) is 11.5 Å². The Labute approximate surface area is 92.1 Å². The summed E-state index contributed by atoms with van der Waals surface area (Å²) in [6.45, 7) is 0. The van der Waals surface area contributed by atoms with Crippen molar-refractivity contribution in [1.29, 1.82) is 0 Å². The third kappa shape index (κ3) is 3.25. The van der Waals surface area contributed by atoms with Crippen LogP contribution in [0, 0.1) is 0 Å². The molecule has 1 rings (SSSR count). The second-order valence-corrected chi connectivity index (χ2v) is 4.05. The molecule has 72 valence electrons. The van der Waals surface area contributed by atoms with Gasteiger partial charge in [-0.3, -0.25) is 0 Å². The Kier molecular flexibility index (Phi) is 4.69. The fourth-order valence-electron chi connectivity index (χ4n) is 0.736. The van der Waals surface area contributed by atoms with Crippen LogP contribution in [0.3, 0.4) is 0 Å². The summed E-state index contributed by atoms with van der Waals surface area (Å²) in [4.78, 5) is 12.0. The van der Waals surface area contributed by atoms with Crippen molar-refractivity contribution >= 4 is 42.6 Å². The van der Waals surface area contributed by atoms with Gasteiger partial charge in [-0.05, 0) is 11.4 Å². The highest BCUT2D eigenvalue weighted by atomic mass is 32.1. The first-order valence-electron chi connectivity index (χ1n) is 3.74. The summed E-state index contributed by atoms with van der Waals surface area (Å²) in [5.41, 5.74) is 0. The van der Waals surface area contributed by atoms with Crippen molar-refractivity contribution < 1.29 is 9.53 Å². The average molecular weight is 234 g/mol. The highest BCUT2D eigenvalue weighted by Crippen LogP contribution is 2.11. The molecule has 0 aliphatic rings. The smallest absolute Gasteiger partial charge is 0.348 e. The van der Waals surface area contributed by atoms with E-state index in [0.29, 0.717) is 16.4 Å². The Balaban J connectivity index is 2.50. The van der Waals surface area contributed by atoms with Crippen molar-refractivity contribution in [3.63, 3.8) is 0 Å². The van der Waals surface area contributed by atoms with E-state index in [1.165, 1.54) is 11.3 Å². The summed E-state index contributed by atoms with van der Waals surface area (Å²) in [6.07, 6.45) is -0.207. The molecule has 2 nitrogen and oxygen atoms in total. The minimum Gasteiger partial charge on any atom is -0.456 e. The molecule has 1 aromatic rings. The monoisotopic (exact) mass is 234 g/mol. The average Bonchev–Trinajstić information content (AvgIpc) is 2.66. The number of thiol groups is 2. The molecule has 1 aromatic heterocycles. The van der Waals surface area contributed by atoms with E-state index in [1.54, 1.807) is 6.07 Å². The zero-order chi connectivity index (χ0) is 9.68. The Morgan fingerprint density at radius 1 is 1.54 bits per heavy atom. The van der Waals surface area contributed by atoms with Crippen LogP contribution in [0.15, 0.2) is 17.5 Å². The van der Waals surface area contributed by atoms with Gasteiger partial charge in [0.2, 0.25) is 0 Å². The molecule has 0 unspecified atom stereocenters. The van der Waals surface area contributed by atoms with Gasteiger partial charge in [-0.15, -0.1) is 11.3 Å². The van der Waals surface area contributed by atoms with E-state index in [0.717, 1.165) is 0 Å². The van der Waals surface area contributed by atoms with Gasteiger partial charge in [-0.25, -0.2) is 4.79 Å². The number of hydrogen-bond donors (Lipinski definition) is 2. The van der Waals surface area contributed by atoms with E-state index in [4.69, 9.17) is 4.74 Å². The van der Waals surface area contributed by atoms with Crippen molar-refractivity contribution in [3.05, 3.63) is 22.4 Å². The molecule has 0 spiro atoms. The van der Waals surface area contributed by atoms with Crippen molar-refractivity contribution in [2.75, 3.05) is 11.5 Å². The molecular weight excluding hydrogens is 224 g/mol. The van der Waals surface area contributed by atoms with Crippen molar-refractivity contribution in [2.45, 2.75) is 6.10 Å². The maximum absolute atomic E-state index is 11.4. The Morgan fingerprint density at radius 3 is 2.69 bits per heavy atom. The zero-order valence-corrected chi connectivity index (χ0v) is 9.45. The normalized spacial score (nSPS) is 10.4. The molecule has 1 heterocycles. The van der Waals surface area contributed by atoms with E-state index in [-0.39, 0.29) is 12.1 Å². The van der Waals surface area contributed by atoms with Gasteiger partial charge >= 0.3 is 5.97 Å². The lowest BCUT2D eigenvalue weighted by Crippen LogP contribution is -2.20. The Bertz CT molecular complexity index is 254. The molecule has 0 saturated carbocycles. The molecule has 0 amide bonds. The van der Waals surface area contributed by atoms with Crippen LogP contribution in [0.1, 0.15) is 9.67 Å². The molecule has 0 aliphatic carbocycles. The third-order valence-corrected chi connectivity index (χ3v) is 3.07. The summed E-state index contributed by atoms with van der Waals surface area (Å²) in [5, 5.41) is 1.84. The fraction of sp³-hybridized carbons (Fsp3) is 0.375. The number of hydrogen-bond acceptors (Lipinski definition) is 5. The highest BCUT2D eigenvalue weighted by Gasteiger charge is 2.13. The van der Waals surface area contributed by atoms with E-state index >= 15 is 0 Å². The number of ether oxygens (including phenoxy) is 1. The predicted octanol–water partition coefficient (Wildman–Crippen LogP) is 2.13. The number of rotatable bonds is 4. The first-order chi connectivity index (χ1) is 6.27. The molecule has 0 N–H and O–H groups in total. The topological polar surface area (TPSA) is 26.3 Å². The number of esters is 1. The highest BCUT2D eigenvalue weighted by molar-refractivity contribution is 7.81. The summed E-state index contributed by atoms with van der Waals surface area (Å²) in [7, 11) is 0. The van der Waals surface area contributed by atoms with Gasteiger partial charge in [-0.2, -0.15) is 25.3 Å². The van der Waals surface area contributed by atoms with E-state index in [9.17, 15) is 4.79 Å². The first-order valence-corrected chi connectivity index (χ1v) is 5.88. The molecule has 0 fully saturated rings. The molecule has 5 heteroatoms. The van der Waals surface area contributed by atoms with Gasteiger partial charge in [0.15, 0.2) is 0 Å². The predicted molar refractivity (Wildman–Crippen MR) is 61.2 cm³/mol. The quantitative estimate of drug-likeness (QED) is 0.616. The molecule has 0 aliphatic heterocycles. The van der Waals surface area contributed by atoms with Crippen molar-refractivity contribution in [1.82, 2.24) is 0 Å². The van der Waals surface area contributed by atoms with Crippen LogP contribution >= 0.6 is 36.6 Å². The molecule has 0 saturated heterocycles. The Hall–Kier alpha value is -0.130. The van der Waals surface area contributed by atoms with Crippen LogP contribution in [0.4, 0.5) is 0 Å². The van der Waals surface area contributed by atoms with Crippen LogP contribution in [-0.4, -0.2) is 23.6 Å². The van der Waals surface area contributed by atoms with Gasteiger partial charge in [0.1, 0.15) is 11.0 Å². The second kappa shape index (κ2) is 5.57. The zero-order valence-electron chi connectivity index (χ0n) is 6.84. The van der Waals surface area contributed by atoms with E-state index < -0.39 is 0 Å². The third-order valence-electron chi connectivity index (χ3n) is 1.40. The number of carbonyl (C=O) groups excluding carboxylic acids is 1. The van der Waals surface area contributed by atoms with Gasteiger partial charge < -0.3 is 4.74 Å². The number of thiophene rings is 1. The minimum absolute atomic E-state index is 0.207. The van der Waals surface area contributed by atoms with Crippen molar-refractivity contribution in [2.24, 2.45) is 0 Å². The van der Waals surface area contributed by atoms with Crippen LogP contribution in [-0.2, 0) is 4.74 Å². The molecule has 13 heavy (non-hydrogen) atoms. The molecule has 0 atom stereocenters. The van der Waals surface area contributed by atoms with Crippen LogP contribution in [0.5, 0.6) is 0 Å². The van der Waals surface area contributed by atoms with Gasteiger partial charge in [-0.1, -0.05) is 6.07 Å². The summed E-state index contributed by atoms with van der Waals surface area (Å²) < 4.78 is 5.11. The summed E-state index contributed by atoms with van der Waals surface area (Å²) in [5.74, 6) is 0.712. The SMILES string of the molecule is O=C(OC(CS)CS)c1cccs1. The van der Waals surface area contributed by atoms with Gasteiger partial charge in [0.25, 0.3) is 0 Å². The molecule has 0 aromatic carbocycles. The van der Waals surface area contributed by atoms with Crippen LogP contribution in [0.25, 0.3) is 0 Å². The standard InChI is InChI=1S/C8H10O2S3/c9-8(7-2-1-3-13-7)10-6(4-11)5-12/h1-3,6,11-12H,4-5H2. The Morgan fingerprint density at radius 2 is 2.23 bits per heavy atom. The maximum Gasteiger partial charge on any atom is 0.348 e. The molecule has 0 bridgehead atoms. The van der Waals surface area contributed by atoms with E-state index in [1.807, 2.05) is 11.4 Å². The summed E-state index contributed by atoms with van der Waals surface area (Å²) in [6, 6.07) is 3.55. The summed E-state index contributed by atoms with van der Waals surface area (Å²) >= 11 is 9.46. The minimum atomic E-state index is -0.289. The molecule has 0 radical (unpaired) electrons. The lowest BCUT2D eigenvalue weighted by Gasteiger charge is -2.11. The maximum atomic E-state index is 11.4. The second-order valence-electron chi connectivity index (χ2n) is 2.37. The van der Waals surface area contributed by atoms with Crippen molar-refractivity contribution in [3.8, 4) is 0 Å². The van der Waals surface area contributed by atoms with E-state index in [2.05, 4.69) is 25.3 Å². The fourth-order valence-corrected chi connectivity index (χ4v) is 1.95. The first kappa shape index (κ1) is 10.9. The molecular formula is C8H10O2S3. The van der Waals surface area contributed by atoms with Crippen LogP contribution in [0.2, 0.25) is 0 Å². The van der Waals surface area contributed by atoms with Gasteiger partial charge in [0.05, 0.1) is 0 Å². The number of carbonyl (C=O) groups is 1.